The van der Waals surface area contributed by atoms with Gasteiger partial charge in [-0.2, -0.15) is 0 Å². The molecule has 3 rings (SSSR count). The van der Waals surface area contributed by atoms with Crippen LogP contribution in [0.5, 0.6) is 0 Å². The summed E-state index contributed by atoms with van der Waals surface area (Å²) >= 11 is 0. The second kappa shape index (κ2) is 4.41. The van der Waals surface area contributed by atoms with Gasteiger partial charge in [0.1, 0.15) is 0 Å². The number of rotatable bonds is 2. The molecule has 0 saturated carbocycles. The highest BCUT2D eigenvalue weighted by atomic mass is 16.2. The Labute approximate surface area is 106 Å². The van der Waals surface area contributed by atoms with Gasteiger partial charge in [-0.25, -0.2) is 0 Å². The Kier molecular flexibility index (Phi) is 2.74. The zero-order valence-corrected chi connectivity index (χ0v) is 10.1. The normalized spacial score (nSPS) is 23.0. The number of likely N-dealkylation sites (tertiary alicyclic amines) is 1. The number of nitrogens with zero attached hydrogens (tertiary/aromatic N) is 1. The molecule has 0 radical (unpaired) electrons. The molecule has 1 unspecified atom stereocenters. The highest BCUT2D eigenvalue weighted by Crippen LogP contribution is 2.31. The molecule has 1 aromatic carbocycles. The van der Waals surface area contributed by atoms with Crippen LogP contribution in [0.3, 0.4) is 0 Å². The van der Waals surface area contributed by atoms with E-state index in [-0.39, 0.29) is 17.7 Å². The lowest BCUT2D eigenvalue weighted by Gasteiger charge is -2.33. The maximum atomic E-state index is 12.2. The Balaban J connectivity index is 1.87. The molecule has 1 aliphatic heterocycles. The van der Waals surface area contributed by atoms with Gasteiger partial charge in [-0.1, -0.05) is 36.4 Å². The highest BCUT2D eigenvalue weighted by molar-refractivity contribution is 6.08. The van der Waals surface area contributed by atoms with Gasteiger partial charge in [-0.15, -0.1) is 0 Å². The lowest BCUT2D eigenvalue weighted by Crippen LogP contribution is -2.45. The van der Waals surface area contributed by atoms with E-state index in [0.717, 1.165) is 30.4 Å². The molecule has 0 aromatic heterocycles. The van der Waals surface area contributed by atoms with Crippen LogP contribution in [-0.2, 0) is 16.1 Å². The summed E-state index contributed by atoms with van der Waals surface area (Å²) in [5.74, 6) is -0.206. The third kappa shape index (κ3) is 1.86. The lowest BCUT2D eigenvalue weighted by molar-refractivity contribution is -0.147. The fourth-order valence-corrected chi connectivity index (χ4v) is 2.68. The Morgan fingerprint density at radius 3 is 2.72 bits per heavy atom. The lowest BCUT2D eigenvalue weighted by atomic mass is 9.85. The number of carbonyl (C=O) groups excluding carboxylic acids is 2. The SMILES string of the molecule is O=C1C2=CC(CCC2)C(=O)N1Cc1ccccc1. The zero-order chi connectivity index (χ0) is 12.5. The van der Waals surface area contributed by atoms with Crippen LogP contribution in [0.2, 0.25) is 0 Å². The molecule has 2 amide bonds. The van der Waals surface area contributed by atoms with Gasteiger partial charge < -0.3 is 0 Å². The molecule has 2 aliphatic rings. The molecule has 0 spiro atoms. The number of carbonyl (C=O) groups is 2. The number of fused-ring (bicyclic) bond motifs is 1. The number of hydrogen-bond donors (Lipinski definition) is 0. The largest absolute Gasteiger partial charge is 0.274 e. The average molecular weight is 241 g/mol. The number of imide groups is 1. The van der Waals surface area contributed by atoms with Gasteiger partial charge in [0.2, 0.25) is 5.91 Å². The minimum absolute atomic E-state index is 0.0349. The first-order chi connectivity index (χ1) is 8.75. The van der Waals surface area contributed by atoms with Crippen molar-refractivity contribution < 1.29 is 9.59 Å². The average Bonchev–Trinajstić information content (AvgIpc) is 2.43. The standard InChI is InChI=1S/C15H15NO2/c17-14-12-7-4-8-13(9-12)15(18)16(14)10-11-5-2-1-3-6-11/h1-3,5-6,9,12H,4,7-8,10H2. The summed E-state index contributed by atoms with van der Waals surface area (Å²) < 4.78 is 0. The van der Waals surface area contributed by atoms with Crippen LogP contribution in [0.1, 0.15) is 24.8 Å². The third-order valence-corrected chi connectivity index (χ3v) is 3.65. The Morgan fingerprint density at radius 1 is 1.17 bits per heavy atom. The second-order valence-electron chi connectivity index (χ2n) is 4.91. The Bertz CT molecular complexity index is 519. The third-order valence-electron chi connectivity index (χ3n) is 3.65. The second-order valence-corrected chi connectivity index (χ2v) is 4.91. The maximum absolute atomic E-state index is 12.2. The van der Waals surface area contributed by atoms with Gasteiger partial charge in [-0.3, -0.25) is 14.5 Å². The molecule has 0 saturated heterocycles. The van der Waals surface area contributed by atoms with Gasteiger partial charge >= 0.3 is 0 Å². The molecule has 18 heavy (non-hydrogen) atoms. The van der Waals surface area contributed by atoms with Crippen LogP contribution in [0.4, 0.5) is 0 Å². The van der Waals surface area contributed by atoms with Crippen molar-refractivity contribution in [1.82, 2.24) is 4.90 Å². The minimum Gasteiger partial charge on any atom is -0.274 e. The molecule has 1 heterocycles. The highest BCUT2D eigenvalue weighted by Gasteiger charge is 2.36. The first-order valence-corrected chi connectivity index (χ1v) is 6.36. The van der Waals surface area contributed by atoms with Gasteiger partial charge in [0, 0.05) is 5.57 Å². The van der Waals surface area contributed by atoms with E-state index >= 15 is 0 Å². The van der Waals surface area contributed by atoms with E-state index in [1.165, 1.54) is 4.90 Å². The van der Waals surface area contributed by atoms with Crippen molar-refractivity contribution in [3.8, 4) is 0 Å². The molecule has 0 fully saturated rings. The summed E-state index contributed by atoms with van der Waals surface area (Å²) in [5.41, 5.74) is 1.82. The van der Waals surface area contributed by atoms with Crippen molar-refractivity contribution in [3.05, 3.63) is 47.5 Å². The van der Waals surface area contributed by atoms with E-state index in [2.05, 4.69) is 0 Å². The smallest absolute Gasteiger partial charge is 0.256 e. The number of benzene rings is 1. The Morgan fingerprint density at radius 2 is 1.94 bits per heavy atom. The zero-order valence-electron chi connectivity index (χ0n) is 10.1. The van der Waals surface area contributed by atoms with E-state index < -0.39 is 0 Å². The van der Waals surface area contributed by atoms with E-state index in [4.69, 9.17) is 0 Å². The van der Waals surface area contributed by atoms with Crippen molar-refractivity contribution in [2.45, 2.75) is 25.8 Å². The van der Waals surface area contributed by atoms with Gasteiger partial charge in [0.15, 0.2) is 0 Å². The first kappa shape index (κ1) is 11.2. The molecule has 1 aromatic rings. The predicted molar refractivity (Wildman–Crippen MR) is 67.4 cm³/mol. The maximum Gasteiger partial charge on any atom is 0.256 e. The van der Waals surface area contributed by atoms with Crippen molar-refractivity contribution >= 4 is 11.8 Å². The number of hydrogen-bond acceptors (Lipinski definition) is 2. The summed E-state index contributed by atoms with van der Waals surface area (Å²) in [5, 5.41) is 0. The van der Waals surface area contributed by atoms with Crippen LogP contribution in [-0.4, -0.2) is 16.7 Å². The molecule has 3 nitrogen and oxygen atoms in total. The summed E-state index contributed by atoms with van der Waals surface area (Å²) in [6.07, 6.45) is 4.51. The first-order valence-electron chi connectivity index (χ1n) is 6.36. The molecule has 2 bridgehead atoms. The number of amides is 2. The summed E-state index contributed by atoms with van der Waals surface area (Å²) in [7, 11) is 0. The quantitative estimate of drug-likeness (QED) is 0.745. The topological polar surface area (TPSA) is 37.4 Å². The van der Waals surface area contributed by atoms with Crippen LogP contribution >= 0.6 is 0 Å². The van der Waals surface area contributed by atoms with E-state index in [1.54, 1.807) is 0 Å². The molecule has 3 heteroatoms. The summed E-state index contributed by atoms with van der Waals surface area (Å²) in [6, 6.07) is 9.67. The van der Waals surface area contributed by atoms with Crippen LogP contribution in [0, 0.1) is 5.92 Å². The van der Waals surface area contributed by atoms with Crippen molar-refractivity contribution in [2.75, 3.05) is 0 Å². The summed E-state index contributed by atoms with van der Waals surface area (Å²) in [6.45, 7) is 0.395. The van der Waals surface area contributed by atoms with Gasteiger partial charge in [-0.05, 0) is 24.8 Å². The van der Waals surface area contributed by atoms with Crippen molar-refractivity contribution in [2.24, 2.45) is 5.92 Å². The Hall–Kier alpha value is -1.90. The molecule has 1 atom stereocenters. The summed E-state index contributed by atoms with van der Waals surface area (Å²) in [4.78, 5) is 25.8. The van der Waals surface area contributed by atoms with E-state index in [1.807, 2.05) is 36.4 Å². The minimum atomic E-state index is -0.0974. The molecular weight excluding hydrogens is 226 g/mol. The molecule has 0 N–H and O–H groups in total. The van der Waals surface area contributed by atoms with E-state index in [0.29, 0.717) is 6.54 Å². The molecular formula is C15H15NO2. The van der Waals surface area contributed by atoms with Gasteiger partial charge in [0.05, 0.1) is 12.5 Å². The van der Waals surface area contributed by atoms with Crippen LogP contribution in [0.15, 0.2) is 42.0 Å². The van der Waals surface area contributed by atoms with Gasteiger partial charge in [0.25, 0.3) is 5.91 Å². The molecule has 1 aliphatic carbocycles. The molecule has 92 valence electrons. The fourth-order valence-electron chi connectivity index (χ4n) is 2.68. The van der Waals surface area contributed by atoms with Crippen LogP contribution < -0.4 is 0 Å². The van der Waals surface area contributed by atoms with Crippen molar-refractivity contribution in [1.29, 1.82) is 0 Å². The predicted octanol–water partition coefficient (Wildman–Crippen LogP) is 2.28. The monoisotopic (exact) mass is 241 g/mol. The van der Waals surface area contributed by atoms with E-state index in [9.17, 15) is 9.59 Å². The fraction of sp³-hybridized carbons (Fsp3) is 0.333. The van der Waals surface area contributed by atoms with Crippen LogP contribution in [0.25, 0.3) is 0 Å². The van der Waals surface area contributed by atoms with Crippen molar-refractivity contribution in [3.63, 3.8) is 0 Å².